The third kappa shape index (κ3) is 3.31. The van der Waals surface area contributed by atoms with E-state index >= 15 is 0 Å². The first kappa shape index (κ1) is 14.0. The maximum atomic E-state index is 13.1. The van der Waals surface area contributed by atoms with E-state index in [4.69, 9.17) is 11.6 Å². The number of hydrogen-bond acceptors (Lipinski definition) is 2. The zero-order valence-electron chi connectivity index (χ0n) is 11.0. The van der Waals surface area contributed by atoms with Crippen LogP contribution < -0.4 is 5.32 Å². The first-order valence-electron chi connectivity index (χ1n) is 6.13. The van der Waals surface area contributed by atoms with Crippen molar-refractivity contribution in [3.05, 3.63) is 64.2 Å². The van der Waals surface area contributed by atoms with Gasteiger partial charge in [-0.2, -0.15) is 0 Å². The number of benzene rings is 1. The van der Waals surface area contributed by atoms with Gasteiger partial charge in [0.2, 0.25) is 0 Å². The van der Waals surface area contributed by atoms with Gasteiger partial charge in [-0.05, 0) is 55.3 Å². The van der Waals surface area contributed by atoms with Gasteiger partial charge in [-0.1, -0.05) is 17.7 Å². The Labute approximate surface area is 117 Å². The van der Waals surface area contributed by atoms with E-state index in [2.05, 4.69) is 10.3 Å². The summed E-state index contributed by atoms with van der Waals surface area (Å²) < 4.78 is 13.1. The molecule has 0 radical (unpaired) electrons. The molecule has 0 aliphatic carbocycles. The van der Waals surface area contributed by atoms with Gasteiger partial charge >= 0.3 is 0 Å². The van der Waals surface area contributed by atoms with Crippen LogP contribution in [0.15, 0.2) is 36.7 Å². The number of aromatic nitrogens is 1. The Morgan fingerprint density at radius 2 is 2.16 bits per heavy atom. The molecule has 2 rings (SSSR count). The lowest BCUT2D eigenvalue weighted by atomic mass is 9.96. The highest BCUT2D eigenvalue weighted by Crippen LogP contribution is 2.25. The predicted octanol–water partition coefficient (Wildman–Crippen LogP) is 3.69. The Hall–Kier alpha value is -1.45. The van der Waals surface area contributed by atoms with E-state index in [1.165, 1.54) is 6.07 Å². The molecule has 1 aromatic carbocycles. The molecule has 2 nitrogen and oxygen atoms in total. The van der Waals surface area contributed by atoms with Crippen molar-refractivity contribution in [2.75, 3.05) is 7.05 Å². The van der Waals surface area contributed by atoms with Crippen LogP contribution in [0.4, 0.5) is 4.39 Å². The molecule has 100 valence electrons. The average Bonchev–Trinajstić information content (AvgIpc) is 2.39. The normalized spacial score (nSPS) is 12.4. The maximum Gasteiger partial charge on any atom is 0.123 e. The number of hydrogen-bond donors (Lipinski definition) is 1. The summed E-state index contributed by atoms with van der Waals surface area (Å²) in [6.45, 7) is 1.92. The van der Waals surface area contributed by atoms with Gasteiger partial charge in [0, 0.05) is 18.4 Å². The van der Waals surface area contributed by atoms with Gasteiger partial charge < -0.3 is 5.32 Å². The fourth-order valence-corrected chi connectivity index (χ4v) is 2.40. The Balaban J connectivity index is 2.27. The van der Waals surface area contributed by atoms with Gasteiger partial charge in [-0.25, -0.2) is 4.39 Å². The molecule has 0 aliphatic heterocycles. The van der Waals surface area contributed by atoms with Gasteiger partial charge in [-0.15, -0.1) is 0 Å². The van der Waals surface area contributed by atoms with Crippen LogP contribution in [-0.2, 0) is 6.42 Å². The van der Waals surface area contributed by atoms with E-state index in [-0.39, 0.29) is 11.9 Å². The minimum atomic E-state index is -0.204. The molecule has 0 saturated heterocycles. The molecule has 1 aromatic heterocycles. The van der Waals surface area contributed by atoms with Crippen molar-refractivity contribution in [3.63, 3.8) is 0 Å². The van der Waals surface area contributed by atoms with Crippen LogP contribution in [0.5, 0.6) is 0 Å². The quantitative estimate of drug-likeness (QED) is 0.923. The van der Waals surface area contributed by atoms with Crippen LogP contribution in [0.3, 0.4) is 0 Å². The van der Waals surface area contributed by atoms with Crippen molar-refractivity contribution >= 4 is 11.6 Å². The van der Waals surface area contributed by atoms with E-state index in [0.717, 1.165) is 23.1 Å². The molecule has 4 heteroatoms. The number of pyridine rings is 1. The van der Waals surface area contributed by atoms with Crippen LogP contribution in [0.2, 0.25) is 5.02 Å². The molecular formula is C15H16ClFN2. The smallest absolute Gasteiger partial charge is 0.123 e. The number of nitrogens with one attached hydrogen (secondary N) is 1. The van der Waals surface area contributed by atoms with E-state index < -0.39 is 0 Å². The second kappa shape index (κ2) is 6.13. The van der Waals surface area contributed by atoms with Crippen molar-refractivity contribution in [3.8, 4) is 0 Å². The highest BCUT2D eigenvalue weighted by molar-refractivity contribution is 6.31. The Morgan fingerprint density at radius 3 is 2.79 bits per heavy atom. The second-order valence-electron chi connectivity index (χ2n) is 4.51. The lowest BCUT2D eigenvalue weighted by Crippen LogP contribution is -2.19. The fourth-order valence-electron chi connectivity index (χ4n) is 2.14. The lowest BCUT2D eigenvalue weighted by molar-refractivity contribution is 0.586. The van der Waals surface area contributed by atoms with Crippen LogP contribution in [0.1, 0.15) is 22.7 Å². The highest BCUT2D eigenvalue weighted by Gasteiger charge is 2.14. The Bertz CT molecular complexity index is 572. The zero-order valence-corrected chi connectivity index (χ0v) is 11.7. The molecule has 0 fully saturated rings. The first-order chi connectivity index (χ1) is 9.11. The average molecular weight is 279 g/mol. The summed E-state index contributed by atoms with van der Waals surface area (Å²) in [6, 6.07) is 6.85. The van der Waals surface area contributed by atoms with Crippen LogP contribution in [0, 0.1) is 12.7 Å². The Morgan fingerprint density at radius 1 is 1.37 bits per heavy atom. The summed E-state index contributed by atoms with van der Waals surface area (Å²) in [5, 5.41) is 3.88. The summed E-state index contributed by atoms with van der Waals surface area (Å²) in [4.78, 5) is 3.99. The van der Waals surface area contributed by atoms with Crippen molar-refractivity contribution in [1.82, 2.24) is 10.3 Å². The molecule has 1 heterocycles. The molecule has 0 aliphatic rings. The summed E-state index contributed by atoms with van der Waals surface area (Å²) in [5.74, 6) is -0.204. The molecule has 19 heavy (non-hydrogen) atoms. The van der Waals surface area contributed by atoms with Crippen molar-refractivity contribution < 1.29 is 4.39 Å². The molecule has 1 atom stereocenters. The van der Waals surface area contributed by atoms with E-state index in [0.29, 0.717) is 5.02 Å². The van der Waals surface area contributed by atoms with Crippen molar-refractivity contribution in [2.24, 2.45) is 0 Å². The largest absolute Gasteiger partial charge is 0.313 e. The van der Waals surface area contributed by atoms with Crippen molar-refractivity contribution in [1.29, 1.82) is 0 Å². The minimum Gasteiger partial charge on any atom is -0.313 e. The molecule has 0 amide bonds. The van der Waals surface area contributed by atoms with Gasteiger partial charge in [0.1, 0.15) is 5.82 Å². The van der Waals surface area contributed by atoms with E-state index in [9.17, 15) is 4.39 Å². The number of halogens is 2. The molecule has 2 aromatic rings. The Kier molecular flexibility index (Phi) is 4.51. The van der Waals surface area contributed by atoms with Crippen molar-refractivity contribution in [2.45, 2.75) is 19.4 Å². The minimum absolute atomic E-state index is 0.0830. The zero-order chi connectivity index (χ0) is 13.8. The van der Waals surface area contributed by atoms with Gasteiger partial charge in [0.25, 0.3) is 0 Å². The van der Waals surface area contributed by atoms with Gasteiger partial charge in [0.15, 0.2) is 0 Å². The third-order valence-electron chi connectivity index (χ3n) is 3.26. The summed E-state index contributed by atoms with van der Waals surface area (Å²) in [6.07, 6.45) is 4.12. The number of likely N-dealkylation sites (N-methyl/N-ethyl adjacent to an activating group) is 1. The highest BCUT2D eigenvalue weighted by atomic mass is 35.5. The second-order valence-corrected chi connectivity index (χ2v) is 4.92. The van der Waals surface area contributed by atoms with Gasteiger partial charge in [0.05, 0.1) is 5.02 Å². The van der Waals surface area contributed by atoms with E-state index in [1.807, 2.05) is 26.1 Å². The van der Waals surface area contributed by atoms with Crippen LogP contribution in [-0.4, -0.2) is 12.0 Å². The summed E-state index contributed by atoms with van der Waals surface area (Å²) in [7, 11) is 1.89. The predicted molar refractivity (Wildman–Crippen MR) is 75.9 cm³/mol. The monoisotopic (exact) mass is 278 g/mol. The molecule has 0 saturated carbocycles. The molecule has 1 N–H and O–H groups in total. The van der Waals surface area contributed by atoms with Gasteiger partial charge in [-0.3, -0.25) is 4.98 Å². The lowest BCUT2D eigenvalue weighted by Gasteiger charge is -2.19. The summed E-state index contributed by atoms with van der Waals surface area (Å²) in [5.41, 5.74) is 3.06. The molecule has 0 bridgehead atoms. The van der Waals surface area contributed by atoms with Crippen LogP contribution in [0.25, 0.3) is 0 Å². The standard InChI is InChI=1S/C15H16ClFN2/c1-10-7-12(17)4-3-11(10)8-15(18-2)13-5-6-19-9-14(13)16/h3-7,9,15,18H,8H2,1-2H3. The number of rotatable bonds is 4. The van der Waals surface area contributed by atoms with E-state index in [1.54, 1.807) is 18.5 Å². The number of aryl methyl sites for hydroxylation is 1. The fraction of sp³-hybridized carbons (Fsp3) is 0.267. The third-order valence-corrected chi connectivity index (χ3v) is 3.57. The topological polar surface area (TPSA) is 24.9 Å². The first-order valence-corrected chi connectivity index (χ1v) is 6.51. The SMILES string of the molecule is CNC(Cc1ccc(F)cc1C)c1ccncc1Cl. The maximum absolute atomic E-state index is 13.1. The molecule has 0 spiro atoms. The molecular weight excluding hydrogens is 263 g/mol. The number of nitrogens with zero attached hydrogens (tertiary/aromatic N) is 1. The summed E-state index contributed by atoms with van der Waals surface area (Å²) >= 11 is 6.17. The molecule has 1 unspecified atom stereocenters. The van der Waals surface area contributed by atoms with Crippen LogP contribution >= 0.6 is 11.6 Å².